The van der Waals surface area contributed by atoms with Crippen LogP contribution >= 0.6 is 15.9 Å². The molecule has 5 heteroatoms. The zero-order valence-electron chi connectivity index (χ0n) is 9.54. The molecule has 3 rings (SSSR count). The van der Waals surface area contributed by atoms with E-state index in [0.29, 0.717) is 10.0 Å². The second-order valence-electron chi connectivity index (χ2n) is 4.60. The highest BCUT2D eigenvalue weighted by atomic mass is 79.9. The third-order valence-electron chi connectivity index (χ3n) is 3.51. The van der Waals surface area contributed by atoms with Crippen molar-refractivity contribution in [3.8, 4) is 0 Å². The third-order valence-corrected chi connectivity index (χ3v) is 4.17. The lowest BCUT2D eigenvalue weighted by Gasteiger charge is -2.19. The quantitative estimate of drug-likeness (QED) is 0.689. The first-order valence-electron chi connectivity index (χ1n) is 5.69. The van der Waals surface area contributed by atoms with Gasteiger partial charge in [0.2, 0.25) is 0 Å². The average molecular weight is 329 g/mol. The topological polar surface area (TPSA) is 17.1 Å². The Morgan fingerprint density at radius 1 is 1.16 bits per heavy atom. The van der Waals surface area contributed by atoms with Crippen LogP contribution in [-0.2, 0) is 0 Å². The van der Waals surface area contributed by atoms with Crippen LogP contribution in [0, 0.1) is 5.92 Å². The molecule has 2 unspecified atom stereocenters. The number of rotatable bonds is 0. The lowest BCUT2D eigenvalue weighted by molar-refractivity contribution is -0.0888. The molecule has 0 N–H and O–H groups in total. The molecule has 1 nitrogen and oxygen atoms in total. The molecule has 0 aliphatic heterocycles. The Bertz CT molecular complexity index is 628. The molecular formula is C14H8BrF3O. The van der Waals surface area contributed by atoms with Gasteiger partial charge in [-0.25, -0.2) is 0 Å². The van der Waals surface area contributed by atoms with E-state index in [1.165, 1.54) is 6.08 Å². The predicted molar refractivity (Wildman–Crippen MR) is 68.0 cm³/mol. The zero-order valence-corrected chi connectivity index (χ0v) is 11.1. The van der Waals surface area contributed by atoms with Crippen molar-refractivity contribution in [2.45, 2.75) is 12.1 Å². The summed E-state index contributed by atoms with van der Waals surface area (Å²) in [7, 11) is 0. The van der Waals surface area contributed by atoms with Crippen LogP contribution < -0.4 is 0 Å². The highest BCUT2D eigenvalue weighted by Gasteiger charge is 2.43. The molecular weight excluding hydrogens is 321 g/mol. The summed E-state index contributed by atoms with van der Waals surface area (Å²) in [6.07, 6.45) is -0.832. The normalized spacial score (nSPS) is 25.1. The van der Waals surface area contributed by atoms with Crippen molar-refractivity contribution in [1.82, 2.24) is 0 Å². The van der Waals surface area contributed by atoms with Crippen LogP contribution in [-0.4, -0.2) is 12.0 Å². The molecule has 0 saturated carbocycles. The number of hydrogen-bond donors (Lipinski definition) is 0. The van der Waals surface area contributed by atoms with Crippen molar-refractivity contribution in [3.05, 3.63) is 57.6 Å². The van der Waals surface area contributed by atoms with Gasteiger partial charge in [-0.15, -0.1) is 0 Å². The molecule has 19 heavy (non-hydrogen) atoms. The Morgan fingerprint density at radius 3 is 2.58 bits per heavy atom. The van der Waals surface area contributed by atoms with Crippen LogP contribution in [0.1, 0.15) is 21.8 Å². The third kappa shape index (κ3) is 1.87. The van der Waals surface area contributed by atoms with Gasteiger partial charge in [0.15, 0.2) is 5.78 Å². The SMILES string of the molecule is O=C1c2c(Br)cccc2C2C=CC(C(F)(F)F)=CC12. The zero-order chi connectivity index (χ0) is 13.8. The molecule has 0 spiro atoms. The van der Waals surface area contributed by atoms with Gasteiger partial charge in [-0.1, -0.05) is 46.3 Å². The van der Waals surface area contributed by atoms with E-state index in [1.54, 1.807) is 18.2 Å². The summed E-state index contributed by atoms with van der Waals surface area (Å²) >= 11 is 3.29. The molecule has 1 aromatic carbocycles. The van der Waals surface area contributed by atoms with E-state index in [4.69, 9.17) is 0 Å². The number of alkyl halides is 3. The van der Waals surface area contributed by atoms with Crippen LogP contribution in [0.25, 0.3) is 0 Å². The van der Waals surface area contributed by atoms with Crippen LogP contribution in [0.3, 0.4) is 0 Å². The van der Waals surface area contributed by atoms with Crippen LogP contribution in [0.15, 0.2) is 46.5 Å². The van der Waals surface area contributed by atoms with Gasteiger partial charge in [-0.2, -0.15) is 13.2 Å². The molecule has 0 saturated heterocycles. The number of hydrogen-bond acceptors (Lipinski definition) is 1. The standard InChI is InChI=1S/C14H8BrF3O/c15-11-3-1-2-9-8-5-4-7(14(16,17)18)6-10(8)13(19)12(9)11/h1-6,8,10H. The summed E-state index contributed by atoms with van der Waals surface area (Å²) in [5, 5.41) is 0. The Morgan fingerprint density at radius 2 is 1.89 bits per heavy atom. The minimum absolute atomic E-state index is 0.251. The maximum absolute atomic E-state index is 12.7. The van der Waals surface area contributed by atoms with Gasteiger partial charge in [0.1, 0.15) is 0 Å². The summed E-state index contributed by atoms with van der Waals surface area (Å²) in [5.41, 5.74) is 0.547. The number of Topliss-reactive ketones (excluding diaryl/α,β-unsaturated/α-hetero) is 1. The summed E-state index contributed by atoms with van der Waals surface area (Å²) in [4.78, 5) is 12.2. The first-order chi connectivity index (χ1) is 8.89. The Balaban J connectivity index is 2.10. The second-order valence-corrected chi connectivity index (χ2v) is 5.45. The van der Waals surface area contributed by atoms with Crippen LogP contribution in [0.2, 0.25) is 0 Å². The lowest BCUT2D eigenvalue weighted by Crippen LogP contribution is -2.19. The van der Waals surface area contributed by atoms with Gasteiger partial charge in [0, 0.05) is 16.0 Å². The lowest BCUT2D eigenvalue weighted by atomic mass is 9.86. The maximum Gasteiger partial charge on any atom is 0.416 e. The molecule has 0 amide bonds. The molecule has 2 atom stereocenters. The molecule has 2 aliphatic carbocycles. The number of ketones is 1. The highest BCUT2D eigenvalue weighted by molar-refractivity contribution is 9.10. The number of carbonyl (C=O) groups excluding carboxylic acids is 1. The van der Waals surface area contributed by atoms with Gasteiger partial charge in [0.25, 0.3) is 0 Å². The van der Waals surface area contributed by atoms with Crippen molar-refractivity contribution >= 4 is 21.7 Å². The first-order valence-corrected chi connectivity index (χ1v) is 6.49. The Hall–Kier alpha value is -1.36. The minimum atomic E-state index is -4.41. The van der Waals surface area contributed by atoms with Crippen molar-refractivity contribution in [2.24, 2.45) is 5.92 Å². The predicted octanol–water partition coefficient (Wildman–Crippen LogP) is 4.40. The molecule has 0 heterocycles. The fourth-order valence-corrected chi connectivity index (χ4v) is 3.23. The monoisotopic (exact) mass is 328 g/mol. The van der Waals surface area contributed by atoms with E-state index in [0.717, 1.165) is 17.7 Å². The number of halogens is 4. The average Bonchev–Trinajstić information content (AvgIpc) is 2.63. The van der Waals surface area contributed by atoms with E-state index in [2.05, 4.69) is 15.9 Å². The first kappa shape index (κ1) is 12.7. The van der Waals surface area contributed by atoms with Gasteiger partial charge in [-0.05, 0) is 11.6 Å². The van der Waals surface area contributed by atoms with E-state index in [9.17, 15) is 18.0 Å². The van der Waals surface area contributed by atoms with Gasteiger partial charge >= 0.3 is 6.18 Å². The smallest absolute Gasteiger partial charge is 0.293 e. The van der Waals surface area contributed by atoms with Gasteiger partial charge < -0.3 is 0 Å². The number of allylic oxidation sites excluding steroid dienone is 4. The number of benzene rings is 1. The second kappa shape index (κ2) is 4.07. The fraction of sp³-hybridized carbons (Fsp3) is 0.214. The van der Waals surface area contributed by atoms with Crippen molar-refractivity contribution in [1.29, 1.82) is 0 Å². The summed E-state index contributed by atoms with van der Waals surface area (Å²) in [6, 6.07) is 5.31. The van der Waals surface area contributed by atoms with Gasteiger partial charge in [-0.3, -0.25) is 4.79 Å². The van der Waals surface area contributed by atoms with Crippen molar-refractivity contribution < 1.29 is 18.0 Å². The van der Waals surface area contributed by atoms with Crippen molar-refractivity contribution in [3.63, 3.8) is 0 Å². The highest BCUT2D eigenvalue weighted by Crippen LogP contribution is 2.46. The molecule has 2 aliphatic rings. The molecule has 0 fully saturated rings. The molecule has 1 aromatic rings. The van der Waals surface area contributed by atoms with E-state index >= 15 is 0 Å². The number of carbonyl (C=O) groups is 1. The summed E-state index contributed by atoms with van der Waals surface area (Å²) < 4.78 is 38.7. The minimum Gasteiger partial charge on any atom is -0.293 e. The van der Waals surface area contributed by atoms with E-state index in [1.807, 2.05) is 0 Å². The largest absolute Gasteiger partial charge is 0.416 e. The summed E-state index contributed by atoms with van der Waals surface area (Å²) in [6.45, 7) is 0. The molecule has 0 radical (unpaired) electrons. The van der Waals surface area contributed by atoms with E-state index < -0.39 is 17.7 Å². The Kier molecular flexibility index (Phi) is 2.71. The molecule has 0 bridgehead atoms. The molecule has 98 valence electrons. The fourth-order valence-electron chi connectivity index (χ4n) is 2.65. The van der Waals surface area contributed by atoms with E-state index in [-0.39, 0.29) is 11.7 Å². The Labute approximate surface area is 115 Å². The van der Waals surface area contributed by atoms with Crippen LogP contribution in [0.5, 0.6) is 0 Å². The maximum atomic E-state index is 12.7. The number of fused-ring (bicyclic) bond motifs is 3. The summed E-state index contributed by atoms with van der Waals surface area (Å²) in [5.74, 6) is -1.28. The van der Waals surface area contributed by atoms with Crippen molar-refractivity contribution in [2.75, 3.05) is 0 Å². The molecule has 0 aromatic heterocycles. The van der Waals surface area contributed by atoms with Gasteiger partial charge in [0.05, 0.1) is 11.5 Å². The van der Waals surface area contributed by atoms with Crippen LogP contribution in [0.4, 0.5) is 13.2 Å².